The average molecular weight is 207 g/mol. The Labute approximate surface area is 90.6 Å². The molecule has 0 aliphatic carbocycles. The molecule has 0 saturated carbocycles. The predicted octanol–water partition coefficient (Wildman–Crippen LogP) is 2.74. The van der Waals surface area contributed by atoms with Crippen molar-refractivity contribution in [3.8, 4) is 5.75 Å². The Hall–Kier alpha value is -1.06. The lowest BCUT2D eigenvalue weighted by atomic mass is 10.1. The zero-order valence-electron chi connectivity index (χ0n) is 9.43. The van der Waals surface area contributed by atoms with Gasteiger partial charge in [-0.25, -0.2) is 0 Å². The van der Waals surface area contributed by atoms with E-state index in [1.54, 1.807) is 7.11 Å². The standard InChI is InChI=1S/C12H17NO2/c1-4-9(2)13-12(15-13)10-7-5-6-8-11(10)14-3/h5-9,12H,4H2,1-3H3. The summed E-state index contributed by atoms with van der Waals surface area (Å²) in [6, 6.07) is 8.45. The minimum absolute atomic E-state index is 0.0797. The number of nitrogens with zero attached hydrogens (tertiary/aromatic N) is 1. The molecule has 0 amide bonds. The number of methoxy groups -OCH3 is 1. The molecule has 1 fully saturated rings. The molecule has 3 unspecified atom stereocenters. The van der Waals surface area contributed by atoms with Gasteiger partial charge in [0.05, 0.1) is 7.11 Å². The summed E-state index contributed by atoms with van der Waals surface area (Å²) in [5.41, 5.74) is 1.11. The van der Waals surface area contributed by atoms with Crippen molar-refractivity contribution in [1.82, 2.24) is 5.06 Å². The number of hydrogen-bond acceptors (Lipinski definition) is 3. The first kappa shape index (κ1) is 10.5. The zero-order valence-corrected chi connectivity index (χ0v) is 9.43. The third-order valence-corrected chi connectivity index (χ3v) is 2.84. The molecule has 1 aromatic rings. The Morgan fingerprint density at radius 1 is 1.47 bits per heavy atom. The molecule has 15 heavy (non-hydrogen) atoms. The van der Waals surface area contributed by atoms with Gasteiger partial charge >= 0.3 is 0 Å². The summed E-state index contributed by atoms with van der Waals surface area (Å²) in [5.74, 6) is 0.897. The normalized spacial score (nSPS) is 26.1. The van der Waals surface area contributed by atoms with Gasteiger partial charge in [0, 0.05) is 11.6 Å². The van der Waals surface area contributed by atoms with Gasteiger partial charge in [-0.1, -0.05) is 25.1 Å². The Morgan fingerprint density at radius 3 is 2.87 bits per heavy atom. The van der Waals surface area contributed by atoms with Crippen LogP contribution < -0.4 is 4.74 Å². The van der Waals surface area contributed by atoms with Crippen LogP contribution in [0.25, 0.3) is 0 Å². The van der Waals surface area contributed by atoms with Crippen LogP contribution in [0.2, 0.25) is 0 Å². The van der Waals surface area contributed by atoms with Gasteiger partial charge in [0.25, 0.3) is 0 Å². The summed E-state index contributed by atoms with van der Waals surface area (Å²) in [6.45, 7) is 4.32. The number of hydroxylamine groups is 2. The number of ether oxygens (including phenoxy) is 1. The van der Waals surface area contributed by atoms with E-state index in [-0.39, 0.29) is 6.23 Å². The molecule has 2 rings (SSSR count). The molecule has 0 aromatic heterocycles. The lowest BCUT2D eigenvalue weighted by molar-refractivity contribution is 0.152. The maximum Gasteiger partial charge on any atom is 0.183 e. The van der Waals surface area contributed by atoms with Crippen LogP contribution in [-0.4, -0.2) is 18.2 Å². The number of rotatable bonds is 4. The summed E-state index contributed by atoms with van der Waals surface area (Å²) in [4.78, 5) is 5.55. The Bertz CT molecular complexity index is 340. The van der Waals surface area contributed by atoms with Crippen molar-refractivity contribution in [2.24, 2.45) is 0 Å². The van der Waals surface area contributed by atoms with Crippen LogP contribution in [0.1, 0.15) is 32.1 Å². The minimum atomic E-state index is 0.0797. The van der Waals surface area contributed by atoms with E-state index in [2.05, 4.69) is 13.8 Å². The van der Waals surface area contributed by atoms with E-state index in [0.717, 1.165) is 17.7 Å². The first-order valence-electron chi connectivity index (χ1n) is 5.36. The SMILES string of the molecule is CCC(C)N1OC1c1ccccc1OC. The highest BCUT2D eigenvalue weighted by Crippen LogP contribution is 2.43. The van der Waals surface area contributed by atoms with E-state index in [1.165, 1.54) is 0 Å². The summed E-state index contributed by atoms with van der Waals surface area (Å²) in [6.07, 6.45) is 1.17. The fraction of sp³-hybridized carbons (Fsp3) is 0.500. The quantitative estimate of drug-likeness (QED) is 0.710. The van der Waals surface area contributed by atoms with Gasteiger partial charge in [-0.3, -0.25) is 4.84 Å². The molecule has 0 radical (unpaired) electrons. The molecule has 3 heteroatoms. The van der Waals surface area contributed by atoms with Gasteiger partial charge in [0.15, 0.2) is 6.23 Å². The highest BCUT2D eigenvalue weighted by molar-refractivity contribution is 5.35. The third kappa shape index (κ3) is 1.98. The van der Waals surface area contributed by atoms with Crippen LogP contribution in [0, 0.1) is 0 Å². The maximum absolute atomic E-state index is 5.55. The molecule has 0 N–H and O–H groups in total. The van der Waals surface area contributed by atoms with E-state index < -0.39 is 0 Å². The minimum Gasteiger partial charge on any atom is -0.496 e. The first-order chi connectivity index (χ1) is 7.27. The number of para-hydroxylation sites is 1. The zero-order chi connectivity index (χ0) is 10.8. The molecule has 3 nitrogen and oxygen atoms in total. The molecular formula is C12H17NO2. The van der Waals surface area contributed by atoms with Crippen molar-refractivity contribution in [1.29, 1.82) is 0 Å². The Morgan fingerprint density at radius 2 is 2.20 bits per heavy atom. The van der Waals surface area contributed by atoms with Crippen molar-refractivity contribution in [3.05, 3.63) is 29.8 Å². The number of hydrogen-bond donors (Lipinski definition) is 0. The molecule has 82 valence electrons. The van der Waals surface area contributed by atoms with Gasteiger partial charge in [0.2, 0.25) is 0 Å². The lowest BCUT2D eigenvalue weighted by Gasteiger charge is -2.07. The second-order valence-corrected chi connectivity index (χ2v) is 3.82. The maximum atomic E-state index is 5.55. The molecule has 0 bridgehead atoms. The Balaban J connectivity index is 2.12. The van der Waals surface area contributed by atoms with Crippen molar-refractivity contribution in [3.63, 3.8) is 0 Å². The van der Waals surface area contributed by atoms with Gasteiger partial charge in [-0.15, -0.1) is 5.06 Å². The smallest absolute Gasteiger partial charge is 0.183 e. The van der Waals surface area contributed by atoms with E-state index in [1.807, 2.05) is 29.3 Å². The highest BCUT2D eigenvalue weighted by Gasteiger charge is 2.42. The molecule has 0 spiro atoms. The number of benzene rings is 1. The van der Waals surface area contributed by atoms with Crippen molar-refractivity contribution in [2.45, 2.75) is 32.5 Å². The second kappa shape index (κ2) is 4.21. The monoisotopic (exact) mass is 207 g/mol. The van der Waals surface area contributed by atoms with Gasteiger partial charge in [-0.05, 0) is 19.4 Å². The van der Waals surface area contributed by atoms with Crippen LogP contribution in [0.15, 0.2) is 24.3 Å². The summed E-state index contributed by atoms with van der Waals surface area (Å²) in [5, 5.41) is 2.01. The molecule has 1 saturated heterocycles. The summed E-state index contributed by atoms with van der Waals surface area (Å²) < 4.78 is 5.30. The van der Waals surface area contributed by atoms with E-state index >= 15 is 0 Å². The molecule has 1 aliphatic rings. The van der Waals surface area contributed by atoms with Crippen LogP contribution in [0.3, 0.4) is 0 Å². The third-order valence-electron chi connectivity index (χ3n) is 2.84. The first-order valence-corrected chi connectivity index (χ1v) is 5.36. The predicted molar refractivity (Wildman–Crippen MR) is 58.4 cm³/mol. The fourth-order valence-electron chi connectivity index (χ4n) is 1.67. The Kier molecular flexibility index (Phi) is 2.93. The summed E-state index contributed by atoms with van der Waals surface area (Å²) in [7, 11) is 1.69. The highest BCUT2D eigenvalue weighted by atomic mass is 16.8. The average Bonchev–Trinajstić information content (AvgIpc) is 3.08. The van der Waals surface area contributed by atoms with E-state index in [0.29, 0.717) is 6.04 Å². The van der Waals surface area contributed by atoms with Crippen molar-refractivity contribution < 1.29 is 9.57 Å². The van der Waals surface area contributed by atoms with Gasteiger partial charge in [-0.2, -0.15) is 0 Å². The fourth-order valence-corrected chi connectivity index (χ4v) is 1.67. The van der Waals surface area contributed by atoms with Crippen molar-refractivity contribution >= 4 is 0 Å². The lowest BCUT2D eigenvalue weighted by Crippen LogP contribution is -2.12. The van der Waals surface area contributed by atoms with E-state index in [4.69, 9.17) is 9.57 Å². The molecule has 1 aromatic carbocycles. The van der Waals surface area contributed by atoms with Gasteiger partial charge < -0.3 is 4.74 Å². The molecular weight excluding hydrogens is 190 g/mol. The van der Waals surface area contributed by atoms with E-state index in [9.17, 15) is 0 Å². The molecule has 3 atom stereocenters. The topological polar surface area (TPSA) is 24.8 Å². The van der Waals surface area contributed by atoms with Crippen LogP contribution >= 0.6 is 0 Å². The molecule has 1 heterocycles. The second-order valence-electron chi connectivity index (χ2n) is 3.82. The van der Waals surface area contributed by atoms with Crippen LogP contribution in [0.5, 0.6) is 5.75 Å². The van der Waals surface area contributed by atoms with Crippen LogP contribution in [-0.2, 0) is 4.84 Å². The van der Waals surface area contributed by atoms with Crippen LogP contribution in [0.4, 0.5) is 0 Å². The largest absolute Gasteiger partial charge is 0.496 e. The van der Waals surface area contributed by atoms with Gasteiger partial charge in [0.1, 0.15) is 5.75 Å². The van der Waals surface area contributed by atoms with Crippen molar-refractivity contribution in [2.75, 3.05) is 7.11 Å². The summed E-state index contributed by atoms with van der Waals surface area (Å²) >= 11 is 0. The molecule has 1 aliphatic heterocycles.